The lowest BCUT2D eigenvalue weighted by Gasteiger charge is -2.23. The molecule has 6 heteroatoms. The van der Waals surface area contributed by atoms with Crippen molar-refractivity contribution in [2.75, 3.05) is 18.4 Å². The summed E-state index contributed by atoms with van der Waals surface area (Å²) in [6.07, 6.45) is 6.40. The number of nitrogens with one attached hydrogen (secondary N) is 3. The standard InChI is InChI=1S/C23H28ClN3O2/c24-21-12-11-19(15-20(21)23(29)27-18-9-5-2-6-10-18)26-22(28)16-25-14-13-17-7-3-1-4-8-17/h1,3-4,7-8,11-12,15,18,25H,2,5-6,9-10,13-14,16H2,(H,26,28)(H,27,29). The summed E-state index contributed by atoms with van der Waals surface area (Å²) in [6, 6.07) is 15.3. The van der Waals surface area contributed by atoms with Crippen LogP contribution >= 0.6 is 11.6 Å². The molecule has 29 heavy (non-hydrogen) atoms. The molecule has 0 bridgehead atoms. The number of hydrogen-bond donors (Lipinski definition) is 3. The van der Waals surface area contributed by atoms with Gasteiger partial charge in [0.25, 0.3) is 5.91 Å². The Kier molecular flexibility index (Phi) is 8.08. The molecule has 1 fully saturated rings. The van der Waals surface area contributed by atoms with E-state index in [1.54, 1.807) is 18.2 Å². The molecule has 2 aromatic carbocycles. The zero-order valence-electron chi connectivity index (χ0n) is 16.5. The normalized spacial score (nSPS) is 14.4. The van der Waals surface area contributed by atoms with Crippen molar-refractivity contribution in [2.45, 2.75) is 44.6 Å². The monoisotopic (exact) mass is 413 g/mol. The Labute approximate surface area is 177 Å². The maximum Gasteiger partial charge on any atom is 0.253 e. The zero-order chi connectivity index (χ0) is 20.5. The van der Waals surface area contributed by atoms with Gasteiger partial charge in [-0.3, -0.25) is 9.59 Å². The van der Waals surface area contributed by atoms with E-state index in [2.05, 4.69) is 28.1 Å². The third-order valence-corrected chi connectivity index (χ3v) is 5.48. The average Bonchev–Trinajstić information content (AvgIpc) is 2.74. The van der Waals surface area contributed by atoms with Crippen molar-refractivity contribution in [3.8, 4) is 0 Å². The van der Waals surface area contributed by atoms with E-state index in [0.29, 0.717) is 22.8 Å². The van der Waals surface area contributed by atoms with Gasteiger partial charge in [-0.2, -0.15) is 0 Å². The van der Waals surface area contributed by atoms with Gasteiger partial charge in [-0.05, 0) is 49.6 Å². The maximum atomic E-state index is 12.6. The molecule has 0 saturated heterocycles. The van der Waals surface area contributed by atoms with Crippen LogP contribution in [0.5, 0.6) is 0 Å². The first-order chi connectivity index (χ1) is 14.1. The van der Waals surface area contributed by atoms with Crippen molar-refractivity contribution in [2.24, 2.45) is 0 Å². The van der Waals surface area contributed by atoms with Gasteiger partial charge in [0.2, 0.25) is 5.91 Å². The molecule has 0 radical (unpaired) electrons. The number of rotatable bonds is 8. The van der Waals surface area contributed by atoms with Crippen LogP contribution in [0.15, 0.2) is 48.5 Å². The highest BCUT2D eigenvalue weighted by Crippen LogP contribution is 2.22. The van der Waals surface area contributed by atoms with Gasteiger partial charge in [-0.15, -0.1) is 0 Å². The lowest BCUT2D eigenvalue weighted by Crippen LogP contribution is -2.36. The van der Waals surface area contributed by atoms with Crippen molar-refractivity contribution >= 4 is 29.1 Å². The van der Waals surface area contributed by atoms with Crippen LogP contribution < -0.4 is 16.0 Å². The minimum Gasteiger partial charge on any atom is -0.349 e. The van der Waals surface area contributed by atoms with Gasteiger partial charge in [0.05, 0.1) is 17.1 Å². The molecule has 0 aliphatic heterocycles. The van der Waals surface area contributed by atoms with Crippen LogP contribution in [-0.2, 0) is 11.2 Å². The Morgan fingerprint density at radius 2 is 1.76 bits per heavy atom. The van der Waals surface area contributed by atoms with E-state index in [1.807, 2.05) is 18.2 Å². The summed E-state index contributed by atoms with van der Waals surface area (Å²) in [4.78, 5) is 24.8. The molecule has 1 saturated carbocycles. The summed E-state index contributed by atoms with van der Waals surface area (Å²) in [7, 11) is 0. The topological polar surface area (TPSA) is 70.2 Å². The van der Waals surface area contributed by atoms with Crippen molar-refractivity contribution in [3.05, 3.63) is 64.7 Å². The molecule has 5 nitrogen and oxygen atoms in total. The van der Waals surface area contributed by atoms with Gasteiger partial charge in [-0.25, -0.2) is 0 Å². The molecule has 0 unspecified atom stereocenters. The minimum atomic E-state index is -0.181. The van der Waals surface area contributed by atoms with Crippen LogP contribution in [-0.4, -0.2) is 30.9 Å². The maximum absolute atomic E-state index is 12.6. The molecule has 2 amide bonds. The van der Waals surface area contributed by atoms with Crippen LogP contribution in [0.3, 0.4) is 0 Å². The van der Waals surface area contributed by atoms with Gasteiger partial charge >= 0.3 is 0 Å². The molecule has 0 spiro atoms. The van der Waals surface area contributed by atoms with Crippen molar-refractivity contribution in [3.63, 3.8) is 0 Å². The Hall–Kier alpha value is -2.37. The summed E-state index contributed by atoms with van der Waals surface area (Å²) in [5.41, 5.74) is 2.19. The van der Waals surface area contributed by atoms with E-state index >= 15 is 0 Å². The van der Waals surface area contributed by atoms with Gasteiger partial charge < -0.3 is 16.0 Å². The van der Waals surface area contributed by atoms with Crippen molar-refractivity contribution in [1.82, 2.24) is 10.6 Å². The van der Waals surface area contributed by atoms with E-state index in [1.165, 1.54) is 12.0 Å². The van der Waals surface area contributed by atoms with E-state index in [4.69, 9.17) is 11.6 Å². The fourth-order valence-corrected chi connectivity index (χ4v) is 3.77. The van der Waals surface area contributed by atoms with E-state index in [-0.39, 0.29) is 24.4 Å². The van der Waals surface area contributed by atoms with Gasteiger partial charge in [0.1, 0.15) is 0 Å². The predicted molar refractivity (Wildman–Crippen MR) is 117 cm³/mol. The smallest absolute Gasteiger partial charge is 0.253 e. The first-order valence-electron chi connectivity index (χ1n) is 10.3. The first kappa shape index (κ1) is 21.3. The molecular weight excluding hydrogens is 386 g/mol. The Morgan fingerprint density at radius 1 is 1.00 bits per heavy atom. The summed E-state index contributed by atoms with van der Waals surface area (Å²) < 4.78 is 0. The minimum absolute atomic E-state index is 0.154. The van der Waals surface area contributed by atoms with Crippen LogP contribution in [0.25, 0.3) is 0 Å². The Bertz CT molecular complexity index is 820. The number of halogens is 1. The lowest BCUT2D eigenvalue weighted by molar-refractivity contribution is -0.115. The summed E-state index contributed by atoms with van der Waals surface area (Å²) in [5, 5.41) is 9.42. The molecule has 1 aliphatic carbocycles. The van der Waals surface area contributed by atoms with Gasteiger partial charge in [0, 0.05) is 11.7 Å². The molecule has 0 atom stereocenters. The highest BCUT2D eigenvalue weighted by Gasteiger charge is 2.19. The quantitative estimate of drug-likeness (QED) is 0.569. The van der Waals surface area contributed by atoms with E-state index in [0.717, 1.165) is 32.1 Å². The molecule has 1 aliphatic rings. The second kappa shape index (κ2) is 11.0. The Balaban J connectivity index is 1.48. The number of hydrogen-bond acceptors (Lipinski definition) is 3. The molecular formula is C23H28ClN3O2. The fourth-order valence-electron chi connectivity index (χ4n) is 3.57. The second-order valence-corrected chi connectivity index (χ2v) is 7.87. The van der Waals surface area contributed by atoms with Crippen LogP contribution in [0.1, 0.15) is 48.0 Å². The molecule has 3 N–H and O–H groups in total. The largest absolute Gasteiger partial charge is 0.349 e. The predicted octanol–water partition coefficient (Wildman–Crippen LogP) is 4.17. The van der Waals surface area contributed by atoms with Crippen LogP contribution in [0, 0.1) is 0 Å². The highest BCUT2D eigenvalue weighted by atomic mass is 35.5. The Morgan fingerprint density at radius 3 is 2.52 bits per heavy atom. The highest BCUT2D eigenvalue weighted by molar-refractivity contribution is 6.34. The molecule has 154 valence electrons. The fraction of sp³-hybridized carbons (Fsp3) is 0.391. The first-order valence-corrected chi connectivity index (χ1v) is 10.6. The number of carbonyl (C=O) groups excluding carboxylic acids is 2. The van der Waals surface area contributed by atoms with E-state index < -0.39 is 0 Å². The molecule has 0 aromatic heterocycles. The van der Waals surface area contributed by atoms with Crippen molar-refractivity contribution in [1.29, 1.82) is 0 Å². The van der Waals surface area contributed by atoms with Crippen LogP contribution in [0.4, 0.5) is 5.69 Å². The number of carbonyl (C=O) groups is 2. The molecule has 0 heterocycles. The molecule has 3 rings (SSSR count). The van der Waals surface area contributed by atoms with Gasteiger partial charge in [-0.1, -0.05) is 61.2 Å². The second-order valence-electron chi connectivity index (χ2n) is 7.46. The average molecular weight is 414 g/mol. The summed E-state index contributed by atoms with van der Waals surface area (Å²) >= 11 is 6.22. The third kappa shape index (κ3) is 6.87. The lowest BCUT2D eigenvalue weighted by atomic mass is 9.95. The number of benzene rings is 2. The van der Waals surface area contributed by atoms with E-state index in [9.17, 15) is 9.59 Å². The SMILES string of the molecule is O=C(CNCCc1ccccc1)Nc1ccc(Cl)c(C(=O)NC2CCCCC2)c1. The van der Waals surface area contributed by atoms with Gasteiger partial charge in [0.15, 0.2) is 0 Å². The number of anilines is 1. The summed E-state index contributed by atoms with van der Waals surface area (Å²) in [6.45, 7) is 0.923. The van der Waals surface area contributed by atoms with Crippen LogP contribution in [0.2, 0.25) is 5.02 Å². The van der Waals surface area contributed by atoms with Crippen molar-refractivity contribution < 1.29 is 9.59 Å². The number of amides is 2. The summed E-state index contributed by atoms with van der Waals surface area (Å²) in [5.74, 6) is -0.335. The third-order valence-electron chi connectivity index (χ3n) is 5.15. The molecule has 2 aromatic rings. The zero-order valence-corrected chi connectivity index (χ0v) is 17.3.